The average Bonchev–Trinajstić information content (AvgIpc) is 2.67. The molecule has 0 aliphatic heterocycles. The van der Waals surface area contributed by atoms with Crippen molar-refractivity contribution in [2.24, 2.45) is 11.7 Å². The van der Waals surface area contributed by atoms with Crippen LogP contribution in [0.5, 0.6) is 0 Å². The van der Waals surface area contributed by atoms with Gasteiger partial charge in [-0.05, 0) is 13.3 Å². The zero-order chi connectivity index (χ0) is 11.3. The van der Waals surface area contributed by atoms with E-state index in [-0.39, 0.29) is 11.7 Å². The molecule has 1 unspecified atom stereocenters. The van der Waals surface area contributed by atoms with Gasteiger partial charge in [-0.2, -0.15) is 0 Å². The molecule has 1 atom stereocenters. The van der Waals surface area contributed by atoms with Gasteiger partial charge in [0.05, 0.1) is 6.42 Å². The first kappa shape index (κ1) is 11.9. The summed E-state index contributed by atoms with van der Waals surface area (Å²) >= 11 is 0. The van der Waals surface area contributed by atoms with Crippen LogP contribution in [0, 0.1) is 5.92 Å². The third kappa shape index (κ3) is 2.89. The second-order valence-electron chi connectivity index (χ2n) is 3.61. The monoisotopic (exact) mass is 209 g/mol. The number of aryl methyl sites for hydroxylation is 1. The minimum absolute atomic E-state index is 0.0213. The van der Waals surface area contributed by atoms with Crippen molar-refractivity contribution >= 4 is 5.78 Å². The molecule has 84 valence electrons. The summed E-state index contributed by atoms with van der Waals surface area (Å²) in [6.07, 6.45) is 4.83. The topological polar surface area (TPSA) is 60.9 Å². The van der Waals surface area contributed by atoms with Crippen LogP contribution in [0.4, 0.5) is 0 Å². The molecule has 1 aromatic heterocycles. The summed E-state index contributed by atoms with van der Waals surface area (Å²) in [4.78, 5) is 16.0. The molecule has 0 saturated carbocycles. The van der Waals surface area contributed by atoms with E-state index in [1.54, 1.807) is 6.20 Å². The predicted octanol–water partition coefficient (Wildman–Crippen LogP) is 0.999. The SMILES string of the molecule is CCC(CN)C(=O)Cc1nccn1CC. The zero-order valence-electron chi connectivity index (χ0n) is 9.44. The highest BCUT2D eigenvalue weighted by molar-refractivity contribution is 5.82. The quantitative estimate of drug-likeness (QED) is 0.760. The summed E-state index contributed by atoms with van der Waals surface area (Å²) in [5.41, 5.74) is 5.54. The number of ketones is 1. The van der Waals surface area contributed by atoms with Crippen LogP contribution in [0.15, 0.2) is 12.4 Å². The van der Waals surface area contributed by atoms with Gasteiger partial charge in [0.25, 0.3) is 0 Å². The predicted molar refractivity (Wildman–Crippen MR) is 59.4 cm³/mol. The summed E-state index contributed by atoms with van der Waals surface area (Å²) < 4.78 is 1.99. The number of nitrogens with two attached hydrogens (primary N) is 1. The van der Waals surface area contributed by atoms with Crippen LogP contribution < -0.4 is 5.73 Å². The molecule has 0 aromatic carbocycles. The first-order valence-corrected chi connectivity index (χ1v) is 5.45. The van der Waals surface area contributed by atoms with Crippen molar-refractivity contribution in [2.75, 3.05) is 6.54 Å². The molecule has 0 aliphatic rings. The Hall–Kier alpha value is -1.16. The largest absolute Gasteiger partial charge is 0.335 e. The lowest BCUT2D eigenvalue weighted by molar-refractivity contribution is -0.122. The molecular formula is C11H19N3O. The number of Topliss-reactive ketones (excluding diaryl/α,β-unsaturated/α-hetero) is 1. The van der Waals surface area contributed by atoms with Crippen LogP contribution in [0.1, 0.15) is 26.1 Å². The van der Waals surface area contributed by atoms with Crippen molar-refractivity contribution in [3.63, 3.8) is 0 Å². The molecule has 0 aliphatic carbocycles. The normalized spacial score (nSPS) is 12.7. The van der Waals surface area contributed by atoms with Crippen molar-refractivity contribution in [3.8, 4) is 0 Å². The fraction of sp³-hybridized carbons (Fsp3) is 0.636. The average molecular weight is 209 g/mol. The van der Waals surface area contributed by atoms with E-state index in [2.05, 4.69) is 4.98 Å². The molecule has 15 heavy (non-hydrogen) atoms. The fourth-order valence-corrected chi connectivity index (χ4v) is 1.62. The lowest BCUT2D eigenvalue weighted by Gasteiger charge is -2.11. The van der Waals surface area contributed by atoms with Gasteiger partial charge in [0.2, 0.25) is 0 Å². The van der Waals surface area contributed by atoms with Gasteiger partial charge in [0, 0.05) is 31.4 Å². The van der Waals surface area contributed by atoms with Crippen molar-refractivity contribution in [2.45, 2.75) is 33.2 Å². The third-order valence-corrected chi connectivity index (χ3v) is 2.71. The smallest absolute Gasteiger partial charge is 0.144 e. The molecule has 1 rings (SSSR count). The standard InChI is InChI=1S/C11H19N3O/c1-3-9(8-12)10(15)7-11-13-5-6-14(11)4-2/h5-6,9H,3-4,7-8,12H2,1-2H3. The molecule has 0 bridgehead atoms. The van der Waals surface area contributed by atoms with Crippen molar-refractivity contribution in [1.29, 1.82) is 0 Å². The number of aromatic nitrogens is 2. The van der Waals surface area contributed by atoms with Crippen LogP contribution in [-0.2, 0) is 17.8 Å². The van der Waals surface area contributed by atoms with Gasteiger partial charge >= 0.3 is 0 Å². The van der Waals surface area contributed by atoms with Gasteiger partial charge in [-0.15, -0.1) is 0 Å². The Morgan fingerprint density at radius 1 is 1.60 bits per heavy atom. The maximum atomic E-state index is 11.8. The Kier molecular flexibility index (Phi) is 4.49. The summed E-state index contributed by atoms with van der Waals surface area (Å²) in [5, 5.41) is 0. The highest BCUT2D eigenvalue weighted by Gasteiger charge is 2.16. The Labute approximate surface area is 90.5 Å². The second-order valence-corrected chi connectivity index (χ2v) is 3.61. The summed E-state index contributed by atoms with van der Waals surface area (Å²) in [6.45, 7) is 5.31. The van der Waals surface area contributed by atoms with Gasteiger partial charge in [-0.3, -0.25) is 4.79 Å². The molecular weight excluding hydrogens is 190 g/mol. The number of imidazole rings is 1. The third-order valence-electron chi connectivity index (χ3n) is 2.71. The van der Waals surface area contributed by atoms with E-state index < -0.39 is 0 Å². The minimum Gasteiger partial charge on any atom is -0.335 e. The number of hydrogen-bond donors (Lipinski definition) is 1. The van der Waals surface area contributed by atoms with Crippen LogP contribution >= 0.6 is 0 Å². The van der Waals surface area contributed by atoms with Crippen LogP contribution in [-0.4, -0.2) is 21.9 Å². The molecule has 0 radical (unpaired) electrons. The van der Waals surface area contributed by atoms with Gasteiger partial charge in [-0.25, -0.2) is 4.98 Å². The Morgan fingerprint density at radius 3 is 2.87 bits per heavy atom. The van der Waals surface area contributed by atoms with Crippen LogP contribution in [0.2, 0.25) is 0 Å². The number of carbonyl (C=O) groups excluding carboxylic acids is 1. The minimum atomic E-state index is -0.0213. The Morgan fingerprint density at radius 2 is 2.33 bits per heavy atom. The van der Waals surface area contributed by atoms with Crippen molar-refractivity contribution in [1.82, 2.24) is 9.55 Å². The van der Waals surface area contributed by atoms with Gasteiger partial charge < -0.3 is 10.3 Å². The highest BCUT2D eigenvalue weighted by atomic mass is 16.1. The maximum absolute atomic E-state index is 11.8. The van der Waals surface area contributed by atoms with E-state index in [0.29, 0.717) is 13.0 Å². The van der Waals surface area contributed by atoms with E-state index in [1.165, 1.54) is 0 Å². The van der Waals surface area contributed by atoms with E-state index in [1.807, 2.05) is 24.6 Å². The zero-order valence-corrected chi connectivity index (χ0v) is 9.44. The summed E-state index contributed by atoms with van der Waals surface area (Å²) in [7, 11) is 0. The van der Waals surface area contributed by atoms with E-state index in [4.69, 9.17) is 5.73 Å². The molecule has 4 nitrogen and oxygen atoms in total. The van der Waals surface area contributed by atoms with E-state index in [9.17, 15) is 4.79 Å². The van der Waals surface area contributed by atoms with Gasteiger partial charge in [0.1, 0.15) is 11.6 Å². The Balaban J connectivity index is 2.65. The molecule has 1 heterocycles. The lowest BCUT2D eigenvalue weighted by atomic mass is 9.99. The molecule has 0 fully saturated rings. The first-order valence-electron chi connectivity index (χ1n) is 5.45. The lowest BCUT2D eigenvalue weighted by Crippen LogP contribution is -2.25. The van der Waals surface area contributed by atoms with E-state index >= 15 is 0 Å². The van der Waals surface area contributed by atoms with Gasteiger partial charge in [0.15, 0.2) is 0 Å². The van der Waals surface area contributed by atoms with Gasteiger partial charge in [-0.1, -0.05) is 6.92 Å². The highest BCUT2D eigenvalue weighted by Crippen LogP contribution is 2.07. The van der Waals surface area contributed by atoms with Crippen LogP contribution in [0.25, 0.3) is 0 Å². The van der Waals surface area contributed by atoms with Crippen molar-refractivity contribution < 1.29 is 4.79 Å². The number of rotatable bonds is 6. The van der Waals surface area contributed by atoms with Crippen LogP contribution in [0.3, 0.4) is 0 Å². The summed E-state index contributed by atoms with van der Waals surface area (Å²) in [5.74, 6) is 1.02. The number of hydrogen-bond acceptors (Lipinski definition) is 3. The number of carbonyl (C=O) groups is 1. The summed E-state index contributed by atoms with van der Waals surface area (Å²) in [6, 6.07) is 0. The number of nitrogens with zero attached hydrogens (tertiary/aromatic N) is 2. The second kappa shape index (κ2) is 5.66. The Bertz CT molecular complexity index is 315. The molecule has 2 N–H and O–H groups in total. The molecule has 4 heteroatoms. The van der Waals surface area contributed by atoms with Crippen molar-refractivity contribution in [3.05, 3.63) is 18.2 Å². The molecule has 0 amide bonds. The fourth-order valence-electron chi connectivity index (χ4n) is 1.62. The molecule has 0 saturated heterocycles. The molecule has 0 spiro atoms. The molecule has 1 aromatic rings. The van der Waals surface area contributed by atoms with E-state index in [0.717, 1.165) is 18.8 Å². The maximum Gasteiger partial charge on any atom is 0.144 e. The first-order chi connectivity index (χ1) is 7.22.